The van der Waals surface area contributed by atoms with Crippen LogP contribution in [0.2, 0.25) is 0 Å². The van der Waals surface area contributed by atoms with Gasteiger partial charge in [0.25, 0.3) is 0 Å². The van der Waals surface area contributed by atoms with Crippen molar-refractivity contribution in [3.8, 4) is 0 Å². The summed E-state index contributed by atoms with van der Waals surface area (Å²) in [6.45, 7) is -4.00. The van der Waals surface area contributed by atoms with Gasteiger partial charge in [0, 0.05) is 137 Å². The Kier molecular flexibility index (Phi) is 1270. The van der Waals surface area contributed by atoms with Crippen molar-refractivity contribution in [2.45, 2.75) is 11.1 Å². The first-order chi connectivity index (χ1) is 7.36. The third-order valence-electron chi connectivity index (χ3n) is 1.84. The van der Waals surface area contributed by atoms with E-state index in [0.29, 0.717) is 0 Å². The molecule has 0 amide bonds. The van der Waals surface area contributed by atoms with Gasteiger partial charge in [-0.2, -0.15) is 0 Å². The average Bonchev–Trinajstić information content (AvgIpc) is 2.37. The summed E-state index contributed by atoms with van der Waals surface area (Å²) in [6.07, 6.45) is 0. The van der Waals surface area contributed by atoms with Crippen molar-refractivity contribution in [3.63, 3.8) is 0 Å². The molecule has 0 unspecified atom stereocenters. The Morgan fingerprint density at radius 1 is 0.286 bits per heavy atom. The molecule has 42 heavy (non-hydrogen) atoms. The molecule has 0 aliphatic heterocycles. The third kappa shape index (κ3) is 170. The monoisotopic (exact) mass is 1180 g/mol. The maximum atomic E-state index is 9.95. The van der Waals surface area contributed by atoms with Crippen LogP contribution in [0.4, 0.5) is 0 Å². The van der Waals surface area contributed by atoms with E-state index in [1.807, 2.05) is 0 Å². The molecular formula is C8H22CrMo6N3O24-33. The second-order valence-electron chi connectivity index (χ2n) is 3.87. The summed E-state index contributed by atoms with van der Waals surface area (Å²) in [5.41, 5.74) is 3.79. The summed E-state index contributed by atoms with van der Waals surface area (Å²) in [7, 11) is 0. The molecule has 34 heteroatoms. The van der Waals surface area contributed by atoms with Gasteiger partial charge in [-0.25, -0.2) is 0 Å². The van der Waals surface area contributed by atoms with E-state index in [1.165, 1.54) is 0 Å². The van der Waals surface area contributed by atoms with E-state index in [9.17, 15) is 30.6 Å². The molecule has 0 heterocycles. The molecule has 10 N–H and O–H groups in total. The van der Waals surface area contributed by atoms with E-state index in [4.69, 9.17) is 0 Å². The Bertz CT molecular complexity index is 176. The average molecular weight is 1170 g/mol. The first-order valence-corrected chi connectivity index (χ1v) is 4.56. The summed E-state index contributed by atoms with van der Waals surface area (Å²) >= 11 is 0. The summed E-state index contributed by atoms with van der Waals surface area (Å²) < 4.78 is 0. The molecule has 0 rings (SSSR count). The molecule has 0 spiro atoms. The van der Waals surface area contributed by atoms with E-state index in [-0.39, 0.29) is 248 Å². The van der Waals surface area contributed by atoms with E-state index in [1.54, 1.807) is 0 Å². The molecule has 0 radical (unpaired) electrons. The zero-order valence-electron chi connectivity index (χ0n) is 20.3. The Balaban J connectivity index is -0.00000000222. The van der Waals surface area contributed by atoms with Crippen LogP contribution < -0.4 is 48.3 Å². The number of hydrogen-bond acceptors (Lipinski definition) is 6. The zero-order chi connectivity index (χ0) is 13.2. The third-order valence-corrected chi connectivity index (χ3v) is 1.84. The van der Waals surface area contributed by atoms with Crippen LogP contribution in [0.15, 0.2) is 0 Å². The Morgan fingerprint density at radius 2 is 0.333 bits per heavy atom. The number of rotatable bonds is 6. The standard InChI is InChI=1S/2C4H8NO3.Cr.6Mo.H3N.18O/c2*5-4(1-6,2-7)3-8;;;;;;;;;;;;;;;;;;;;;;;;;;/h2*1-3,5H2;;;;;;;;1H3;;;;;;;;;;;;;;;;;;/q2*-3;+6;;;;;;;;18*-2/p+3. The first kappa shape index (κ1) is 293. The summed E-state index contributed by atoms with van der Waals surface area (Å²) in [5, 5.41) is 59.7. The predicted octanol–water partition coefficient (Wildman–Crippen LogP) is -11.7. The second-order valence-corrected chi connectivity index (χ2v) is 3.87. The van der Waals surface area contributed by atoms with Gasteiger partial charge in [-0.1, -0.05) is 39.6 Å². The van der Waals surface area contributed by atoms with Gasteiger partial charge < -0.3 is 147 Å². The molecule has 0 aliphatic carbocycles. The van der Waals surface area contributed by atoms with Crippen LogP contribution in [0.3, 0.4) is 0 Å². The van der Waals surface area contributed by atoms with Gasteiger partial charge >= 0.3 is 17.4 Å². The number of hydrogen-bond donors (Lipinski definition) is 3. The molecule has 0 aromatic heterocycles. The Morgan fingerprint density at radius 3 is 0.333 bits per heavy atom. The normalized spacial score (nSPS) is 4.57. The van der Waals surface area contributed by atoms with Crippen LogP contribution in [0, 0.1) is 0 Å². The van der Waals surface area contributed by atoms with Gasteiger partial charge in [0.2, 0.25) is 0 Å². The van der Waals surface area contributed by atoms with E-state index < -0.39 is 50.7 Å². The van der Waals surface area contributed by atoms with Crippen LogP contribution in [-0.4, -0.2) is 50.7 Å². The van der Waals surface area contributed by atoms with Crippen molar-refractivity contribution < 1.29 is 284 Å². The maximum Gasteiger partial charge on any atom is 6.00 e. The minimum absolute atomic E-state index is 0. The molecule has 0 bridgehead atoms. The molecule has 0 saturated carbocycles. The van der Waals surface area contributed by atoms with Gasteiger partial charge in [0.15, 0.2) is 0 Å². The van der Waals surface area contributed by atoms with E-state index in [2.05, 4.69) is 11.5 Å². The van der Waals surface area contributed by atoms with Crippen LogP contribution >= 0.6 is 0 Å². The molecule has 288 valence electrons. The summed E-state index contributed by atoms with van der Waals surface area (Å²) in [4.78, 5) is 0. The minimum atomic E-state index is -1.29. The van der Waals surface area contributed by atoms with Crippen molar-refractivity contribution in [3.05, 3.63) is 0 Å². The molecule has 0 atom stereocenters. The first-order valence-electron chi connectivity index (χ1n) is 4.56. The fourth-order valence-corrected chi connectivity index (χ4v) is 0.250. The Hall–Kier alpha value is 3.58. The zero-order valence-corrected chi connectivity index (χ0v) is 33.6. The fraction of sp³-hybridized carbons (Fsp3) is 1.00. The topological polar surface area (TPSA) is 743 Å². The van der Waals surface area contributed by atoms with Crippen molar-refractivity contribution in [2.24, 2.45) is 0 Å². The molecular weight excluding hydrogens is 1150 g/mol. The fourth-order valence-electron chi connectivity index (χ4n) is 0.250. The molecule has 0 aliphatic rings. The maximum absolute atomic E-state index is 9.95. The smallest absolute Gasteiger partial charge is 2.00 e. The van der Waals surface area contributed by atoms with Crippen molar-refractivity contribution in [1.29, 1.82) is 0 Å². The quantitative estimate of drug-likeness (QED) is 0.217. The molecule has 0 fully saturated rings. The van der Waals surface area contributed by atoms with Gasteiger partial charge in [-0.3, -0.25) is 0 Å². The number of quaternary nitrogens is 3. The SMILES string of the molecule is [Cr+6].[Mo].[Mo].[Mo].[Mo].[Mo].[Mo].[NH3+]C(C[O-])(C[O-])C[O-].[NH3+]C(C[O-])(C[O-])C[O-].[NH4+].[O-2].[O-2].[O-2].[O-2].[O-2].[O-2].[O-2].[O-2].[O-2].[O-2].[O-2].[O-2].[O-2].[O-2].[O-2].[O-2].[O-2].[O-2]. The largest absolute Gasteiger partial charge is 6.00 e. The van der Waals surface area contributed by atoms with Crippen LogP contribution in [0.5, 0.6) is 0 Å². The van der Waals surface area contributed by atoms with Crippen LogP contribution in [-0.2, 0) is 242 Å². The van der Waals surface area contributed by atoms with Crippen molar-refractivity contribution in [2.75, 3.05) is 39.6 Å². The van der Waals surface area contributed by atoms with Gasteiger partial charge in [-0.05, 0) is 0 Å². The Labute approximate surface area is 338 Å². The van der Waals surface area contributed by atoms with Gasteiger partial charge in [0.05, 0.1) is 0 Å². The minimum Gasteiger partial charge on any atom is -2.00 e. The summed E-state index contributed by atoms with van der Waals surface area (Å²) in [5.74, 6) is 0. The van der Waals surface area contributed by atoms with Gasteiger partial charge in [-0.15, -0.1) is 0 Å². The van der Waals surface area contributed by atoms with E-state index >= 15 is 0 Å². The second kappa shape index (κ2) is 182. The van der Waals surface area contributed by atoms with Crippen LogP contribution in [0.25, 0.3) is 0 Å². The predicted molar refractivity (Wildman–Crippen MR) is 58.8 cm³/mol. The van der Waals surface area contributed by atoms with Crippen LogP contribution in [0.1, 0.15) is 0 Å². The van der Waals surface area contributed by atoms with E-state index in [0.717, 1.165) is 0 Å². The summed E-state index contributed by atoms with van der Waals surface area (Å²) in [6, 6.07) is 0. The van der Waals surface area contributed by atoms with Crippen molar-refractivity contribution >= 4 is 0 Å². The molecule has 27 nitrogen and oxygen atoms in total. The van der Waals surface area contributed by atoms with Crippen molar-refractivity contribution in [1.82, 2.24) is 6.15 Å². The molecule has 0 aromatic rings. The molecule has 0 aromatic carbocycles. The molecule has 0 saturated heterocycles. The van der Waals surface area contributed by atoms with Gasteiger partial charge in [0.1, 0.15) is 0 Å².